The molecule has 0 bridgehead atoms. The molecule has 0 unspecified atom stereocenters. The minimum atomic E-state index is 0.164. The Kier molecular flexibility index (Phi) is 2.98. The summed E-state index contributed by atoms with van der Waals surface area (Å²) in [6.07, 6.45) is 1.81. The first kappa shape index (κ1) is 10.1. The molecule has 0 fully saturated rings. The first-order valence-electron chi connectivity index (χ1n) is 4.46. The molecule has 0 radical (unpaired) electrons. The fraction of sp³-hybridized carbons (Fsp3) is 0.875. The average Bonchev–Trinajstić information content (AvgIpc) is 2.34. The number of nitrogens with zero attached hydrogens (tertiary/aromatic N) is 4. The van der Waals surface area contributed by atoms with Crippen molar-refractivity contribution in [3.8, 4) is 0 Å². The second-order valence-corrected chi connectivity index (χ2v) is 4.07. The predicted molar refractivity (Wildman–Crippen MR) is 50.0 cm³/mol. The van der Waals surface area contributed by atoms with Crippen LogP contribution in [-0.4, -0.2) is 26.8 Å². The number of rotatable bonds is 4. The number of nitrogens with two attached hydrogens (primary N) is 1. The van der Waals surface area contributed by atoms with Gasteiger partial charge in [-0.25, -0.2) is 0 Å². The molecule has 0 aromatic carbocycles. The molecule has 0 amide bonds. The van der Waals surface area contributed by atoms with Gasteiger partial charge in [-0.15, -0.1) is 10.2 Å². The van der Waals surface area contributed by atoms with Crippen LogP contribution in [-0.2, 0) is 13.5 Å². The third-order valence-electron chi connectivity index (χ3n) is 2.01. The lowest BCUT2D eigenvalue weighted by molar-refractivity contribution is 0.331. The Balaban J connectivity index is 2.57. The summed E-state index contributed by atoms with van der Waals surface area (Å²) in [7, 11) is 1.77. The fourth-order valence-electron chi connectivity index (χ4n) is 1.30. The van der Waals surface area contributed by atoms with Gasteiger partial charge < -0.3 is 5.73 Å². The van der Waals surface area contributed by atoms with Gasteiger partial charge in [-0.2, -0.15) is 4.80 Å². The number of aromatic nitrogens is 4. The molecule has 5 nitrogen and oxygen atoms in total. The fourth-order valence-corrected chi connectivity index (χ4v) is 1.30. The Morgan fingerprint density at radius 2 is 2.15 bits per heavy atom. The van der Waals surface area contributed by atoms with Crippen molar-refractivity contribution >= 4 is 0 Å². The standard InChI is InChI=1S/C8H17N5/c1-8(2,4-5-9)6-7-10-12-13(3)11-7/h4-6,9H2,1-3H3. The van der Waals surface area contributed by atoms with Gasteiger partial charge in [0.15, 0.2) is 5.82 Å². The van der Waals surface area contributed by atoms with Crippen molar-refractivity contribution in [1.82, 2.24) is 20.2 Å². The minimum Gasteiger partial charge on any atom is -0.330 e. The van der Waals surface area contributed by atoms with Gasteiger partial charge in [0, 0.05) is 6.42 Å². The zero-order valence-corrected chi connectivity index (χ0v) is 8.49. The van der Waals surface area contributed by atoms with Crippen LogP contribution in [0.5, 0.6) is 0 Å². The van der Waals surface area contributed by atoms with Crippen LogP contribution in [0.4, 0.5) is 0 Å². The SMILES string of the molecule is Cn1nnc(CC(C)(C)CCN)n1. The lowest BCUT2D eigenvalue weighted by Gasteiger charge is -2.21. The molecule has 13 heavy (non-hydrogen) atoms. The molecule has 5 heteroatoms. The maximum absolute atomic E-state index is 5.51. The molecule has 0 spiro atoms. The average molecular weight is 183 g/mol. The van der Waals surface area contributed by atoms with Crippen LogP contribution < -0.4 is 5.73 Å². The van der Waals surface area contributed by atoms with Gasteiger partial charge in [0.1, 0.15) is 0 Å². The van der Waals surface area contributed by atoms with E-state index in [1.807, 2.05) is 0 Å². The smallest absolute Gasteiger partial charge is 0.175 e. The van der Waals surface area contributed by atoms with Crippen molar-refractivity contribution in [3.05, 3.63) is 5.82 Å². The van der Waals surface area contributed by atoms with E-state index in [1.165, 1.54) is 4.80 Å². The number of hydrogen-bond donors (Lipinski definition) is 1. The number of tetrazole rings is 1. The van der Waals surface area contributed by atoms with Gasteiger partial charge in [0.05, 0.1) is 7.05 Å². The highest BCUT2D eigenvalue weighted by Gasteiger charge is 2.19. The van der Waals surface area contributed by atoms with E-state index in [9.17, 15) is 0 Å². The van der Waals surface area contributed by atoms with E-state index in [-0.39, 0.29) is 5.41 Å². The molecule has 0 aliphatic carbocycles. The summed E-state index contributed by atoms with van der Waals surface area (Å²) in [6, 6.07) is 0. The van der Waals surface area contributed by atoms with Crippen LogP contribution in [0.25, 0.3) is 0 Å². The molecule has 1 aromatic rings. The third kappa shape index (κ3) is 3.10. The molecular weight excluding hydrogens is 166 g/mol. The van der Waals surface area contributed by atoms with Crippen LogP contribution in [0.3, 0.4) is 0 Å². The predicted octanol–water partition coefficient (Wildman–Crippen LogP) is 0.128. The lowest BCUT2D eigenvalue weighted by Crippen LogP contribution is -2.20. The van der Waals surface area contributed by atoms with Gasteiger partial charge in [-0.3, -0.25) is 0 Å². The molecule has 0 saturated carbocycles. The molecule has 2 N–H and O–H groups in total. The van der Waals surface area contributed by atoms with E-state index in [4.69, 9.17) is 5.73 Å². The van der Waals surface area contributed by atoms with E-state index < -0.39 is 0 Å². The number of aryl methyl sites for hydroxylation is 1. The van der Waals surface area contributed by atoms with Gasteiger partial charge in [-0.05, 0) is 23.6 Å². The maximum Gasteiger partial charge on any atom is 0.175 e. The molecule has 0 atom stereocenters. The van der Waals surface area contributed by atoms with Gasteiger partial charge in [0.25, 0.3) is 0 Å². The molecule has 1 heterocycles. The van der Waals surface area contributed by atoms with E-state index >= 15 is 0 Å². The highest BCUT2D eigenvalue weighted by Crippen LogP contribution is 2.22. The molecule has 0 saturated heterocycles. The molecular formula is C8H17N5. The summed E-state index contributed by atoms with van der Waals surface area (Å²) in [6.45, 7) is 5.03. The minimum absolute atomic E-state index is 0.164. The van der Waals surface area contributed by atoms with Crippen molar-refractivity contribution in [2.75, 3.05) is 6.54 Å². The van der Waals surface area contributed by atoms with Gasteiger partial charge >= 0.3 is 0 Å². The van der Waals surface area contributed by atoms with Crippen molar-refractivity contribution in [2.24, 2.45) is 18.2 Å². The Hall–Kier alpha value is -0.970. The van der Waals surface area contributed by atoms with Crippen LogP contribution in [0, 0.1) is 5.41 Å². The Morgan fingerprint density at radius 1 is 1.46 bits per heavy atom. The van der Waals surface area contributed by atoms with Crippen molar-refractivity contribution < 1.29 is 0 Å². The van der Waals surface area contributed by atoms with Crippen LogP contribution in [0.1, 0.15) is 26.1 Å². The first-order valence-corrected chi connectivity index (χ1v) is 4.46. The quantitative estimate of drug-likeness (QED) is 0.720. The maximum atomic E-state index is 5.51. The van der Waals surface area contributed by atoms with E-state index in [2.05, 4.69) is 29.3 Å². The summed E-state index contributed by atoms with van der Waals surface area (Å²) < 4.78 is 0. The normalized spacial score (nSPS) is 12.0. The van der Waals surface area contributed by atoms with E-state index in [1.54, 1.807) is 7.05 Å². The van der Waals surface area contributed by atoms with E-state index in [0.717, 1.165) is 18.7 Å². The van der Waals surface area contributed by atoms with Gasteiger partial charge in [0.2, 0.25) is 0 Å². The molecule has 1 rings (SSSR count). The molecule has 1 aromatic heterocycles. The second-order valence-electron chi connectivity index (χ2n) is 4.07. The highest BCUT2D eigenvalue weighted by molar-refractivity contribution is 4.85. The van der Waals surface area contributed by atoms with Gasteiger partial charge in [-0.1, -0.05) is 13.8 Å². The Morgan fingerprint density at radius 3 is 2.62 bits per heavy atom. The van der Waals surface area contributed by atoms with Crippen LogP contribution in [0.15, 0.2) is 0 Å². The zero-order chi connectivity index (χ0) is 9.90. The van der Waals surface area contributed by atoms with Crippen molar-refractivity contribution in [3.63, 3.8) is 0 Å². The largest absolute Gasteiger partial charge is 0.330 e. The summed E-state index contributed by atoms with van der Waals surface area (Å²) >= 11 is 0. The highest BCUT2D eigenvalue weighted by atomic mass is 15.6. The third-order valence-corrected chi connectivity index (χ3v) is 2.01. The topological polar surface area (TPSA) is 69.6 Å². The Labute approximate surface area is 78.3 Å². The van der Waals surface area contributed by atoms with Crippen molar-refractivity contribution in [2.45, 2.75) is 26.7 Å². The van der Waals surface area contributed by atoms with Crippen LogP contribution in [0.2, 0.25) is 0 Å². The second kappa shape index (κ2) is 3.83. The van der Waals surface area contributed by atoms with Crippen molar-refractivity contribution in [1.29, 1.82) is 0 Å². The summed E-state index contributed by atoms with van der Waals surface area (Å²) in [5, 5.41) is 11.9. The lowest BCUT2D eigenvalue weighted by atomic mass is 9.85. The first-order chi connectivity index (χ1) is 6.03. The molecule has 0 aliphatic rings. The summed E-state index contributed by atoms with van der Waals surface area (Å²) in [4.78, 5) is 1.48. The monoisotopic (exact) mass is 183 g/mol. The Bertz CT molecular complexity index is 265. The summed E-state index contributed by atoms with van der Waals surface area (Å²) in [5.41, 5.74) is 5.68. The molecule has 0 aliphatic heterocycles. The van der Waals surface area contributed by atoms with E-state index in [0.29, 0.717) is 6.54 Å². The van der Waals surface area contributed by atoms with Crippen LogP contribution >= 0.6 is 0 Å². The molecule has 74 valence electrons. The zero-order valence-electron chi connectivity index (χ0n) is 8.49. The summed E-state index contributed by atoms with van der Waals surface area (Å²) in [5.74, 6) is 0.793. The number of hydrogen-bond acceptors (Lipinski definition) is 4.